The van der Waals surface area contributed by atoms with E-state index in [0.717, 1.165) is 6.26 Å². The fourth-order valence-corrected chi connectivity index (χ4v) is 5.41. The highest BCUT2D eigenvalue weighted by molar-refractivity contribution is 7.91. The summed E-state index contributed by atoms with van der Waals surface area (Å²) in [5, 5.41) is 2.68. The minimum absolute atomic E-state index is 0.0555. The van der Waals surface area contributed by atoms with Crippen molar-refractivity contribution in [3.63, 3.8) is 0 Å². The number of carbonyl (C=O) groups is 1. The molecular weight excluding hydrogens is 402 g/mol. The number of aromatic nitrogens is 1. The number of anilines is 1. The van der Waals surface area contributed by atoms with Crippen LogP contribution in [0.5, 0.6) is 0 Å². The molecule has 0 bridgehead atoms. The summed E-state index contributed by atoms with van der Waals surface area (Å²) in [5.74, 6) is -0.706. The van der Waals surface area contributed by atoms with E-state index in [1.165, 1.54) is 34.9 Å². The van der Waals surface area contributed by atoms with Gasteiger partial charge in [0.15, 0.2) is 9.84 Å². The number of pyridine rings is 1. The number of piperidine rings is 1. The van der Waals surface area contributed by atoms with E-state index in [4.69, 9.17) is 0 Å². The van der Waals surface area contributed by atoms with Crippen molar-refractivity contribution in [2.24, 2.45) is 5.92 Å². The lowest BCUT2D eigenvalue weighted by Gasteiger charge is -2.30. The first-order chi connectivity index (χ1) is 13.2. The molecule has 150 valence electrons. The molecule has 1 fully saturated rings. The molecule has 0 atom stereocenters. The van der Waals surface area contributed by atoms with Gasteiger partial charge in [-0.2, -0.15) is 4.31 Å². The number of hydrogen-bond acceptors (Lipinski definition) is 6. The van der Waals surface area contributed by atoms with Crippen LogP contribution < -0.4 is 5.32 Å². The van der Waals surface area contributed by atoms with E-state index in [-0.39, 0.29) is 34.5 Å². The van der Waals surface area contributed by atoms with Crippen LogP contribution in [0.2, 0.25) is 0 Å². The summed E-state index contributed by atoms with van der Waals surface area (Å²) >= 11 is 0. The van der Waals surface area contributed by atoms with Crippen LogP contribution in [0.4, 0.5) is 5.69 Å². The fraction of sp³-hybridized carbons (Fsp3) is 0.333. The highest BCUT2D eigenvalue weighted by Gasteiger charge is 2.32. The summed E-state index contributed by atoms with van der Waals surface area (Å²) in [4.78, 5) is 16.6. The van der Waals surface area contributed by atoms with Crippen molar-refractivity contribution >= 4 is 31.5 Å². The van der Waals surface area contributed by atoms with Crippen LogP contribution in [0.3, 0.4) is 0 Å². The van der Waals surface area contributed by atoms with Gasteiger partial charge in [0, 0.05) is 37.7 Å². The Morgan fingerprint density at radius 2 is 1.75 bits per heavy atom. The summed E-state index contributed by atoms with van der Waals surface area (Å²) in [7, 11) is -7.11. The van der Waals surface area contributed by atoms with E-state index in [9.17, 15) is 21.6 Å². The second-order valence-corrected chi connectivity index (χ2v) is 10.5. The molecule has 1 N–H and O–H groups in total. The van der Waals surface area contributed by atoms with Gasteiger partial charge in [-0.15, -0.1) is 0 Å². The molecule has 28 heavy (non-hydrogen) atoms. The Balaban J connectivity index is 1.67. The maximum absolute atomic E-state index is 12.6. The standard InChI is InChI=1S/C18H21N3O5S2/c1-27(23,24)17-7-3-2-6-16(17)20-18(22)14-8-11-21(12-9-14)28(25,26)15-5-4-10-19-13-15/h2-7,10,13-14H,8-9,11-12H2,1H3,(H,20,22). The highest BCUT2D eigenvalue weighted by atomic mass is 32.2. The first-order valence-electron chi connectivity index (χ1n) is 8.70. The molecule has 1 amide bonds. The van der Waals surface area contributed by atoms with Crippen molar-refractivity contribution in [1.82, 2.24) is 9.29 Å². The molecule has 2 heterocycles. The van der Waals surface area contributed by atoms with Crippen LogP contribution in [0.15, 0.2) is 58.6 Å². The van der Waals surface area contributed by atoms with Gasteiger partial charge >= 0.3 is 0 Å². The number of sulfone groups is 1. The smallest absolute Gasteiger partial charge is 0.244 e. The molecule has 1 aromatic carbocycles. The zero-order valence-corrected chi connectivity index (χ0v) is 16.9. The number of nitrogens with one attached hydrogen (secondary N) is 1. The van der Waals surface area contributed by atoms with Crippen molar-refractivity contribution in [3.8, 4) is 0 Å². The minimum atomic E-state index is -3.64. The van der Waals surface area contributed by atoms with Crippen LogP contribution in [0.1, 0.15) is 12.8 Å². The van der Waals surface area contributed by atoms with Crippen molar-refractivity contribution < 1.29 is 21.6 Å². The third kappa shape index (κ3) is 4.40. The Labute approximate surface area is 164 Å². The number of amides is 1. The molecule has 8 nitrogen and oxygen atoms in total. The number of sulfonamides is 1. The maximum atomic E-state index is 12.6. The van der Waals surface area contributed by atoms with Gasteiger partial charge < -0.3 is 5.32 Å². The number of para-hydroxylation sites is 1. The van der Waals surface area contributed by atoms with E-state index in [0.29, 0.717) is 12.8 Å². The first kappa shape index (κ1) is 20.4. The predicted molar refractivity (Wildman–Crippen MR) is 104 cm³/mol. The Kier molecular flexibility index (Phi) is 5.82. The quantitative estimate of drug-likeness (QED) is 0.780. The molecule has 0 aliphatic carbocycles. The van der Waals surface area contributed by atoms with E-state index >= 15 is 0 Å². The van der Waals surface area contributed by atoms with Gasteiger partial charge in [-0.25, -0.2) is 16.8 Å². The van der Waals surface area contributed by atoms with Crippen LogP contribution >= 0.6 is 0 Å². The summed E-state index contributed by atoms with van der Waals surface area (Å²) in [6, 6.07) is 9.26. The van der Waals surface area contributed by atoms with E-state index < -0.39 is 25.8 Å². The molecule has 0 unspecified atom stereocenters. The summed E-state index contributed by atoms with van der Waals surface area (Å²) in [5.41, 5.74) is 0.236. The van der Waals surface area contributed by atoms with E-state index in [1.807, 2.05) is 0 Å². The SMILES string of the molecule is CS(=O)(=O)c1ccccc1NC(=O)C1CCN(S(=O)(=O)c2cccnc2)CC1. The molecule has 0 saturated carbocycles. The van der Waals surface area contributed by atoms with Crippen LogP contribution in [-0.2, 0) is 24.7 Å². The second-order valence-electron chi connectivity index (χ2n) is 6.62. The molecule has 1 aromatic heterocycles. The number of benzene rings is 1. The lowest BCUT2D eigenvalue weighted by atomic mass is 9.97. The third-order valence-electron chi connectivity index (χ3n) is 4.64. The average molecular weight is 424 g/mol. The maximum Gasteiger partial charge on any atom is 0.244 e. The van der Waals surface area contributed by atoms with Crippen LogP contribution in [0.25, 0.3) is 0 Å². The topological polar surface area (TPSA) is 114 Å². The summed E-state index contributed by atoms with van der Waals surface area (Å²) < 4.78 is 50.3. The summed E-state index contributed by atoms with van der Waals surface area (Å²) in [6.07, 6.45) is 4.60. The lowest BCUT2D eigenvalue weighted by Crippen LogP contribution is -2.41. The summed E-state index contributed by atoms with van der Waals surface area (Å²) in [6.45, 7) is 0.423. The molecule has 10 heteroatoms. The molecule has 1 aliphatic heterocycles. The lowest BCUT2D eigenvalue weighted by molar-refractivity contribution is -0.120. The molecular formula is C18H21N3O5S2. The predicted octanol–water partition coefficient (Wildman–Crippen LogP) is 1.52. The van der Waals surface area contributed by atoms with Gasteiger partial charge in [-0.1, -0.05) is 12.1 Å². The van der Waals surface area contributed by atoms with Gasteiger partial charge in [0.2, 0.25) is 15.9 Å². The number of rotatable bonds is 5. The average Bonchev–Trinajstić information content (AvgIpc) is 2.68. The molecule has 3 rings (SSSR count). The Hall–Kier alpha value is -2.30. The third-order valence-corrected chi connectivity index (χ3v) is 7.68. The minimum Gasteiger partial charge on any atom is -0.325 e. The van der Waals surface area contributed by atoms with Crippen molar-refractivity contribution in [2.75, 3.05) is 24.7 Å². The second kappa shape index (κ2) is 7.98. The molecule has 1 saturated heterocycles. The number of carbonyl (C=O) groups excluding carboxylic acids is 1. The number of hydrogen-bond donors (Lipinski definition) is 1. The van der Waals surface area contributed by atoms with Crippen molar-refractivity contribution in [3.05, 3.63) is 48.8 Å². The Bertz CT molecular complexity index is 1060. The highest BCUT2D eigenvalue weighted by Crippen LogP contribution is 2.26. The van der Waals surface area contributed by atoms with Gasteiger partial charge in [-0.05, 0) is 37.1 Å². The number of nitrogens with zero attached hydrogens (tertiary/aromatic N) is 2. The fourth-order valence-electron chi connectivity index (χ4n) is 3.14. The monoisotopic (exact) mass is 423 g/mol. The molecule has 0 spiro atoms. The van der Waals surface area contributed by atoms with Crippen LogP contribution in [-0.4, -0.2) is 51.4 Å². The molecule has 1 aliphatic rings. The molecule has 0 radical (unpaired) electrons. The van der Waals surface area contributed by atoms with Crippen LogP contribution in [0, 0.1) is 5.92 Å². The van der Waals surface area contributed by atoms with Gasteiger partial charge in [0.1, 0.15) is 4.90 Å². The van der Waals surface area contributed by atoms with Crippen molar-refractivity contribution in [1.29, 1.82) is 0 Å². The van der Waals surface area contributed by atoms with E-state index in [1.54, 1.807) is 18.2 Å². The van der Waals surface area contributed by atoms with Gasteiger partial charge in [0.05, 0.1) is 10.6 Å². The normalized spacial score (nSPS) is 16.6. The van der Waals surface area contributed by atoms with Gasteiger partial charge in [-0.3, -0.25) is 9.78 Å². The molecule has 2 aromatic rings. The Morgan fingerprint density at radius 3 is 2.36 bits per heavy atom. The van der Waals surface area contributed by atoms with Crippen molar-refractivity contribution in [2.45, 2.75) is 22.6 Å². The largest absolute Gasteiger partial charge is 0.325 e. The zero-order chi connectivity index (χ0) is 20.4. The Morgan fingerprint density at radius 1 is 1.07 bits per heavy atom. The van der Waals surface area contributed by atoms with Gasteiger partial charge in [0.25, 0.3) is 0 Å². The zero-order valence-electron chi connectivity index (χ0n) is 15.3. The van der Waals surface area contributed by atoms with E-state index in [2.05, 4.69) is 10.3 Å². The first-order valence-corrected chi connectivity index (χ1v) is 12.0.